The van der Waals surface area contributed by atoms with E-state index < -0.39 is 27.6 Å². The monoisotopic (exact) mass is 462 g/mol. The summed E-state index contributed by atoms with van der Waals surface area (Å²) in [6.07, 6.45) is 0.856. The number of sulfonamides is 1. The largest absolute Gasteiger partial charge is 0.313 e. The van der Waals surface area contributed by atoms with Gasteiger partial charge in [-0.3, -0.25) is 4.79 Å². The first kappa shape index (κ1) is 22.3. The van der Waals surface area contributed by atoms with E-state index in [4.69, 9.17) is 5.26 Å². The predicted molar refractivity (Wildman–Crippen MR) is 113 cm³/mol. The minimum atomic E-state index is -3.78. The number of nitrogens with one attached hydrogen (secondary N) is 1. The van der Waals surface area contributed by atoms with E-state index in [1.807, 2.05) is 10.8 Å². The highest BCUT2D eigenvalue weighted by atomic mass is 32.2. The van der Waals surface area contributed by atoms with Crippen molar-refractivity contribution in [2.24, 2.45) is 0 Å². The molecule has 1 aromatic heterocycles. The summed E-state index contributed by atoms with van der Waals surface area (Å²) < 4.78 is 52.0. The Morgan fingerprint density at radius 1 is 1.19 bits per heavy atom. The second-order valence-corrected chi connectivity index (χ2v) is 9.56. The quantitative estimate of drug-likeness (QED) is 0.600. The summed E-state index contributed by atoms with van der Waals surface area (Å²) in [5, 5.41) is 9.33. The molecule has 3 rings (SSSR count). The Kier molecular flexibility index (Phi) is 6.33. The van der Waals surface area contributed by atoms with Crippen molar-refractivity contribution in [2.75, 3.05) is 11.2 Å². The van der Waals surface area contributed by atoms with Crippen molar-refractivity contribution in [3.63, 3.8) is 0 Å². The van der Waals surface area contributed by atoms with Crippen LogP contribution in [-0.4, -0.2) is 25.6 Å². The van der Waals surface area contributed by atoms with Crippen LogP contribution in [0.25, 0.3) is 0 Å². The van der Waals surface area contributed by atoms with Crippen LogP contribution in [0.5, 0.6) is 0 Å². The average Bonchev–Trinajstić information content (AvgIpc) is 3.06. The van der Waals surface area contributed by atoms with E-state index >= 15 is 0 Å². The van der Waals surface area contributed by atoms with Crippen LogP contribution < -0.4 is 9.62 Å². The first-order valence-electron chi connectivity index (χ1n) is 8.78. The van der Waals surface area contributed by atoms with Crippen LogP contribution in [0.2, 0.25) is 0 Å². The summed E-state index contributed by atoms with van der Waals surface area (Å²) in [5.41, 5.74) is 1.22. The van der Waals surface area contributed by atoms with E-state index in [1.54, 1.807) is 36.1 Å². The maximum atomic E-state index is 13.7. The van der Waals surface area contributed by atoms with Gasteiger partial charge >= 0.3 is 0 Å². The van der Waals surface area contributed by atoms with Gasteiger partial charge in [-0.2, -0.15) is 5.26 Å². The number of nitrogens with zero attached hydrogens (tertiary/aromatic N) is 3. The number of benzene rings is 2. The first-order chi connectivity index (χ1) is 14.6. The third-order valence-electron chi connectivity index (χ3n) is 4.08. The standard InChI is InChI=1S/C20H16F2N4O3S2/c1-12-18(19(27)25-31(2,28)29)24-20(30-12)26(17-5-3-13(10-23)4-6-17)11-14-7-15(21)9-16(22)8-14/h3-9H,11H2,1-2H3,(H,25,27). The van der Waals surface area contributed by atoms with Gasteiger partial charge in [0.15, 0.2) is 5.13 Å². The Morgan fingerprint density at radius 3 is 2.35 bits per heavy atom. The number of anilines is 2. The number of amides is 1. The predicted octanol–water partition coefficient (Wildman–Crippen LogP) is 3.63. The fraction of sp³-hybridized carbons (Fsp3) is 0.150. The lowest BCUT2D eigenvalue weighted by Gasteiger charge is -2.22. The zero-order valence-corrected chi connectivity index (χ0v) is 18.0. The molecule has 1 N–H and O–H groups in total. The highest BCUT2D eigenvalue weighted by molar-refractivity contribution is 7.89. The normalized spacial score (nSPS) is 11.1. The van der Waals surface area contributed by atoms with Crippen molar-refractivity contribution in [3.8, 4) is 6.07 Å². The Balaban J connectivity index is 2.04. The number of aromatic nitrogens is 1. The van der Waals surface area contributed by atoms with Gasteiger partial charge in [-0.1, -0.05) is 0 Å². The molecule has 0 radical (unpaired) electrons. The van der Waals surface area contributed by atoms with Gasteiger partial charge in [0.25, 0.3) is 5.91 Å². The molecule has 1 heterocycles. The van der Waals surface area contributed by atoms with Crippen LogP contribution in [0.1, 0.15) is 26.5 Å². The van der Waals surface area contributed by atoms with Crippen molar-refractivity contribution >= 4 is 38.1 Å². The van der Waals surface area contributed by atoms with Gasteiger partial charge in [-0.25, -0.2) is 26.9 Å². The Labute approximate surface area is 181 Å². The van der Waals surface area contributed by atoms with Gasteiger partial charge in [0.2, 0.25) is 10.0 Å². The number of nitriles is 1. The average molecular weight is 463 g/mol. The molecule has 31 heavy (non-hydrogen) atoms. The number of carbonyl (C=O) groups excluding carboxylic acids is 1. The Morgan fingerprint density at radius 2 is 1.81 bits per heavy atom. The molecule has 3 aromatic rings. The first-order valence-corrected chi connectivity index (χ1v) is 11.5. The van der Waals surface area contributed by atoms with Gasteiger partial charge in [0.1, 0.15) is 17.3 Å². The maximum Gasteiger partial charge on any atom is 0.284 e. The van der Waals surface area contributed by atoms with Crippen molar-refractivity contribution in [1.82, 2.24) is 9.71 Å². The van der Waals surface area contributed by atoms with E-state index in [2.05, 4.69) is 4.98 Å². The van der Waals surface area contributed by atoms with Gasteiger partial charge in [0, 0.05) is 16.6 Å². The third-order valence-corrected chi connectivity index (χ3v) is 5.63. The second kappa shape index (κ2) is 8.79. The van der Waals surface area contributed by atoms with Crippen LogP contribution in [0, 0.1) is 29.9 Å². The molecular weight excluding hydrogens is 446 g/mol. The number of hydrogen-bond acceptors (Lipinski definition) is 7. The Hall–Kier alpha value is -3.36. The lowest BCUT2D eigenvalue weighted by molar-refractivity contribution is 0.0977. The molecule has 7 nitrogen and oxygen atoms in total. The van der Waals surface area contributed by atoms with Crippen LogP contribution in [0.4, 0.5) is 19.6 Å². The molecule has 0 saturated heterocycles. The molecule has 0 aliphatic rings. The minimum absolute atomic E-state index is 0.0146. The molecule has 0 bridgehead atoms. The summed E-state index contributed by atoms with van der Waals surface area (Å²) in [4.78, 5) is 18.6. The SMILES string of the molecule is Cc1sc(N(Cc2cc(F)cc(F)c2)c2ccc(C#N)cc2)nc1C(=O)NS(C)(=O)=O. The van der Waals surface area contributed by atoms with Crippen LogP contribution in [-0.2, 0) is 16.6 Å². The summed E-state index contributed by atoms with van der Waals surface area (Å²) >= 11 is 1.12. The van der Waals surface area contributed by atoms with Crippen LogP contribution in [0.3, 0.4) is 0 Å². The van der Waals surface area contributed by atoms with Crippen molar-refractivity contribution < 1.29 is 22.0 Å². The molecule has 160 valence electrons. The highest BCUT2D eigenvalue weighted by Gasteiger charge is 2.22. The summed E-state index contributed by atoms with van der Waals surface area (Å²) in [7, 11) is -3.78. The highest BCUT2D eigenvalue weighted by Crippen LogP contribution is 2.33. The Bertz CT molecular complexity index is 1260. The molecule has 1 amide bonds. The molecule has 0 saturated carbocycles. The fourth-order valence-corrected chi connectivity index (χ4v) is 4.15. The van der Waals surface area contributed by atoms with Crippen molar-refractivity contribution in [2.45, 2.75) is 13.5 Å². The number of hydrogen-bond donors (Lipinski definition) is 1. The number of carbonyl (C=O) groups is 1. The zero-order valence-electron chi connectivity index (χ0n) is 16.4. The summed E-state index contributed by atoms with van der Waals surface area (Å²) in [5.74, 6) is -2.35. The van der Waals surface area contributed by atoms with E-state index in [1.165, 1.54) is 12.1 Å². The second-order valence-electron chi connectivity index (χ2n) is 6.63. The lowest BCUT2D eigenvalue weighted by atomic mass is 10.1. The third kappa shape index (κ3) is 5.62. The smallest absolute Gasteiger partial charge is 0.284 e. The van der Waals surface area contributed by atoms with E-state index in [-0.39, 0.29) is 12.2 Å². The van der Waals surface area contributed by atoms with Gasteiger partial charge in [-0.05, 0) is 48.9 Å². The number of aryl methyl sites for hydroxylation is 1. The molecule has 0 atom stereocenters. The van der Waals surface area contributed by atoms with E-state index in [9.17, 15) is 22.0 Å². The van der Waals surface area contributed by atoms with Gasteiger partial charge in [0.05, 0.1) is 24.4 Å². The zero-order chi connectivity index (χ0) is 22.8. The topological polar surface area (TPSA) is 103 Å². The molecule has 0 unspecified atom stereocenters. The molecule has 0 fully saturated rings. The van der Waals surface area contributed by atoms with E-state index in [0.29, 0.717) is 26.8 Å². The van der Waals surface area contributed by atoms with Crippen LogP contribution in [0.15, 0.2) is 42.5 Å². The number of halogens is 2. The van der Waals surface area contributed by atoms with E-state index in [0.717, 1.165) is 23.7 Å². The molecule has 2 aromatic carbocycles. The fourth-order valence-electron chi connectivity index (χ4n) is 2.80. The lowest BCUT2D eigenvalue weighted by Crippen LogP contribution is -2.30. The molecule has 0 aliphatic carbocycles. The molecular formula is C20H16F2N4O3S2. The molecule has 0 aliphatic heterocycles. The minimum Gasteiger partial charge on any atom is -0.313 e. The number of rotatable bonds is 6. The molecule has 0 spiro atoms. The van der Waals surface area contributed by atoms with Crippen molar-refractivity contribution in [3.05, 3.63) is 75.8 Å². The van der Waals surface area contributed by atoms with Crippen molar-refractivity contribution in [1.29, 1.82) is 5.26 Å². The number of thiazole rings is 1. The summed E-state index contributed by atoms with van der Waals surface area (Å²) in [6.45, 7) is 1.62. The molecule has 11 heteroatoms. The van der Waals surface area contributed by atoms with Gasteiger partial charge < -0.3 is 4.90 Å². The van der Waals surface area contributed by atoms with Gasteiger partial charge in [-0.15, -0.1) is 11.3 Å². The van der Waals surface area contributed by atoms with Crippen LogP contribution >= 0.6 is 11.3 Å². The maximum absolute atomic E-state index is 13.7. The summed E-state index contributed by atoms with van der Waals surface area (Å²) in [6, 6.07) is 11.6.